The fourth-order valence-electron chi connectivity index (χ4n) is 2.63. The molecule has 1 saturated heterocycles. The lowest BCUT2D eigenvalue weighted by Crippen LogP contribution is -2.47. The monoisotopic (exact) mass is 352 g/mol. The molecule has 1 N–H and O–H groups in total. The zero-order valence-electron chi connectivity index (χ0n) is 14.3. The molecule has 1 aliphatic rings. The van der Waals surface area contributed by atoms with Crippen LogP contribution in [0.1, 0.15) is 38.7 Å². The van der Waals surface area contributed by atoms with Crippen LogP contribution in [0.2, 0.25) is 0 Å². The molecule has 6 nitrogen and oxygen atoms in total. The van der Waals surface area contributed by atoms with Gasteiger partial charge < -0.3 is 5.32 Å². The third-order valence-corrected chi connectivity index (χ3v) is 5.91. The number of amides is 2. The summed E-state index contributed by atoms with van der Waals surface area (Å²) in [5.41, 5.74) is 0.921. The standard InChI is InChI=1S/C17H24N2O4S/c1-12(2)10-11-18-17(21)15-8-9-16(20)19(15)24(22,23)14-6-4-13(3)5-7-14/h4-7,12,15H,8-11H2,1-3H3,(H,18,21). The van der Waals surface area contributed by atoms with Gasteiger partial charge >= 0.3 is 0 Å². The van der Waals surface area contributed by atoms with Crippen LogP contribution in [-0.4, -0.2) is 37.1 Å². The number of carbonyl (C=O) groups is 2. The highest BCUT2D eigenvalue weighted by Gasteiger charge is 2.44. The average molecular weight is 352 g/mol. The van der Waals surface area contributed by atoms with Crippen LogP contribution in [0.3, 0.4) is 0 Å². The van der Waals surface area contributed by atoms with Gasteiger partial charge in [0.1, 0.15) is 6.04 Å². The van der Waals surface area contributed by atoms with Crippen LogP contribution >= 0.6 is 0 Å². The molecule has 0 aliphatic carbocycles. The fraction of sp³-hybridized carbons (Fsp3) is 0.529. The third kappa shape index (κ3) is 3.95. The van der Waals surface area contributed by atoms with Crippen LogP contribution in [0.15, 0.2) is 29.2 Å². The number of nitrogens with zero attached hydrogens (tertiary/aromatic N) is 1. The molecular weight excluding hydrogens is 328 g/mol. The van der Waals surface area contributed by atoms with Crippen molar-refractivity contribution in [3.63, 3.8) is 0 Å². The first-order chi connectivity index (χ1) is 11.2. The van der Waals surface area contributed by atoms with Crippen LogP contribution in [0.4, 0.5) is 0 Å². The predicted molar refractivity (Wildman–Crippen MR) is 90.7 cm³/mol. The highest BCUT2D eigenvalue weighted by molar-refractivity contribution is 7.89. The Hall–Kier alpha value is -1.89. The fourth-order valence-corrected chi connectivity index (χ4v) is 4.23. The van der Waals surface area contributed by atoms with Crippen LogP contribution in [-0.2, 0) is 19.6 Å². The Labute approximate surface area is 143 Å². The highest BCUT2D eigenvalue weighted by Crippen LogP contribution is 2.27. The van der Waals surface area contributed by atoms with E-state index in [1.54, 1.807) is 12.1 Å². The second-order valence-electron chi connectivity index (χ2n) is 6.54. The van der Waals surface area contributed by atoms with Gasteiger partial charge in [-0.05, 0) is 37.8 Å². The molecule has 7 heteroatoms. The normalized spacial score (nSPS) is 18.2. The molecule has 0 bridgehead atoms. The number of sulfonamides is 1. The topological polar surface area (TPSA) is 83.6 Å². The van der Waals surface area contributed by atoms with Gasteiger partial charge in [0.25, 0.3) is 10.0 Å². The summed E-state index contributed by atoms with van der Waals surface area (Å²) in [7, 11) is -4.02. The summed E-state index contributed by atoms with van der Waals surface area (Å²) in [5.74, 6) is -0.500. The molecule has 1 aromatic rings. The van der Waals surface area contributed by atoms with E-state index in [2.05, 4.69) is 5.32 Å². The molecule has 1 atom stereocenters. The molecular formula is C17H24N2O4S. The molecule has 2 amide bonds. The zero-order chi connectivity index (χ0) is 17.9. The van der Waals surface area contributed by atoms with E-state index < -0.39 is 27.9 Å². The average Bonchev–Trinajstić information content (AvgIpc) is 2.90. The second-order valence-corrected chi connectivity index (χ2v) is 8.35. The Morgan fingerprint density at radius 3 is 2.50 bits per heavy atom. The number of benzene rings is 1. The smallest absolute Gasteiger partial charge is 0.267 e. The minimum absolute atomic E-state index is 0.0309. The maximum Gasteiger partial charge on any atom is 0.267 e. The molecule has 2 rings (SSSR count). The largest absolute Gasteiger partial charge is 0.354 e. The SMILES string of the molecule is Cc1ccc(S(=O)(=O)N2C(=O)CCC2C(=O)NCCC(C)C)cc1. The van der Waals surface area contributed by atoms with E-state index in [0.29, 0.717) is 12.5 Å². The summed E-state index contributed by atoms with van der Waals surface area (Å²) in [4.78, 5) is 24.5. The highest BCUT2D eigenvalue weighted by atomic mass is 32.2. The van der Waals surface area contributed by atoms with Gasteiger partial charge in [-0.25, -0.2) is 12.7 Å². The summed E-state index contributed by atoms with van der Waals surface area (Å²) >= 11 is 0. The van der Waals surface area contributed by atoms with Gasteiger partial charge in [-0.3, -0.25) is 9.59 Å². The summed E-state index contributed by atoms with van der Waals surface area (Å²) in [6, 6.07) is 5.31. The molecule has 1 aromatic carbocycles. The number of aryl methyl sites for hydroxylation is 1. The quantitative estimate of drug-likeness (QED) is 0.847. The van der Waals surface area contributed by atoms with Gasteiger partial charge in [-0.15, -0.1) is 0 Å². The maximum absolute atomic E-state index is 12.8. The minimum atomic E-state index is -4.02. The van der Waals surface area contributed by atoms with Gasteiger partial charge in [-0.2, -0.15) is 0 Å². The number of carbonyl (C=O) groups excluding carboxylic acids is 2. The van der Waals surface area contributed by atoms with E-state index in [1.807, 2.05) is 20.8 Å². The summed E-state index contributed by atoms with van der Waals surface area (Å²) in [5, 5.41) is 2.74. The van der Waals surface area contributed by atoms with Gasteiger partial charge in [0, 0.05) is 13.0 Å². The lowest BCUT2D eigenvalue weighted by Gasteiger charge is -2.24. The lowest BCUT2D eigenvalue weighted by molar-refractivity contribution is -0.130. The van der Waals surface area contributed by atoms with E-state index >= 15 is 0 Å². The number of hydrogen-bond acceptors (Lipinski definition) is 4. The van der Waals surface area contributed by atoms with Crippen LogP contribution in [0.5, 0.6) is 0 Å². The van der Waals surface area contributed by atoms with Crippen molar-refractivity contribution >= 4 is 21.8 Å². The molecule has 1 aliphatic heterocycles. The lowest BCUT2D eigenvalue weighted by atomic mass is 10.1. The minimum Gasteiger partial charge on any atom is -0.354 e. The number of rotatable bonds is 6. The zero-order valence-corrected chi connectivity index (χ0v) is 15.1. The Balaban J connectivity index is 2.20. The molecule has 1 unspecified atom stereocenters. The molecule has 132 valence electrons. The maximum atomic E-state index is 12.8. The summed E-state index contributed by atoms with van der Waals surface area (Å²) in [6.45, 7) is 6.40. The first-order valence-electron chi connectivity index (χ1n) is 8.15. The Morgan fingerprint density at radius 1 is 1.29 bits per heavy atom. The van der Waals surface area contributed by atoms with Crippen LogP contribution in [0.25, 0.3) is 0 Å². The van der Waals surface area contributed by atoms with Crippen molar-refractivity contribution in [1.82, 2.24) is 9.62 Å². The van der Waals surface area contributed by atoms with Gasteiger partial charge in [0.15, 0.2) is 0 Å². The Morgan fingerprint density at radius 2 is 1.92 bits per heavy atom. The molecule has 1 fully saturated rings. The van der Waals surface area contributed by atoms with Crippen molar-refractivity contribution in [2.24, 2.45) is 5.92 Å². The van der Waals surface area contributed by atoms with Crippen LogP contribution < -0.4 is 5.32 Å². The second kappa shape index (κ2) is 7.34. The number of nitrogens with one attached hydrogen (secondary N) is 1. The first-order valence-corrected chi connectivity index (χ1v) is 9.59. The van der Waals surface area contributed by atoms with Crippen molar-refractivity contribution < 1.29 is 18.0 Å². The van der Waals surface area contributed by atoms with Crippen LogP contribution in [0, 0.1) is 12.8 Å². The van der Waals surface area contributed by atoms with E-state index in [1.165, 1.54) is 12.1 Å². The molecule has 1 heterocycles. The molecule has 0 radical (unpaired) electrons. The molecule has 0 aromatic heterocycles. The predicted octanol–water partition coefficient (Wildman–Crippen LogP) is 1.84. The van der Waals surface area contributed by atoms with Crippen molar-refractivity contribution in [3.8, 4) is 0 Å². The molecule has 24 heavy (non-hydrogen) atoms. The van der Waals surface area contributed by atoms with Gasteiger partial charge in [0.2, 0.25) is 11.8 Å². The van der Waals surface area contributed by atoms with E-state index in [4.69, 9.17) is 0 Å². The van der Waals surface area contributed by atoms with Crippen molar-refractivity contribution in [2.75, 3.05) is 6.54 Å². The summed E-state index contributed by atoms with van der Waals surface area (Å²) < 4.78 is 26.3. The summed E-state index contributed by atoms with van der Waals surface area (Å²) in [6.07, 6.45) is 1.09. The third-order valence-electron chi connectivity index (χ3n) is 4.06. The van der Waals surface area contributed by atoms with Crippen molar-refractivity contribution in [2.45, 2.75) is 51.0 Å². The van der Waals surface area contributed by atoms with Crippen molar-refractivity contribution in [3.05, 3.63) is 29.8 Å². The molecule has 0 spiro atoms. The van der Waals surface area contributed by atoms with Gasteiger partial charge in [-0.1, -0.05) is 31.5 Å². The Kier molecular flexibility index (Phi) is 5.64. The van der Waals surface area contributed by atoms with Crippen molar-refractivity contribution in [1.29, 1.82) is 0 Å². The van der Waals surface area contributed by atoms with E-state index in [0.717, 1.165) is 16.3 Å². The van der Waals surface area contributed by atoms with Gasteiger partial charge in [0.05, 0.1) is 4.90 Å². The Bertz CT molecular complexity index is 711. The first kappa shape index (κ1) is 18.4. The molecule has 0 saturated carbocycles. The van der Waals surface area contributed by atoms with E-state index in [9.17, 15) is 18.0 Å². The number of hydrogen-bond donors (Lipinski definition) is 1. The van der Waals surface area contributed by atoms with E-state index in [-0.39, 0.29) is 17.7 Å².